The Hall–Kier alpha value is -4.80. The van der Waals surface area contributed by atoms with Gasteiger partial charge >= 0.3 is 0 Å². The lowest BCUT2D eigenvalue weighted by Crippen LogP contribution is -2.55. The summed E-state index contributed by atoms with van der Waals surface area (Å²) in [5.74, 6) is 0. The van der Waals surface area contributed by atoms with E-state index in [1.807, 2.05) is 109 Å². The molecule has 218 valence electrons. The van der Waals surface area contributed by atoms with Crippen molar-refractivity contribution in [2.45, 2.75) is 23.2 Å². The molecule has 0 bridgehead atoms. The first-order chi connectivity index (χ1) is 21.7. The maximum atomic E-state index is 12.1. The van der Waals surface area contributed by atoms with Gasteiger partial charge in [-0.05, 0) is 33.4 Å². The fourth-order valence-electron chi connectivity index (χ4n) is 6.56. The van der Waals surface area contributed by atoms with E-state index >= 15 is 0 Å². The van der Waals surface area contributed by atoms with Gasteiger partial charge in [0.05, 0.1) is 12.0 Å². The van der Waals surface area contributed by atoms with E-state index < -0.39 is 29.8 Å². The molecule has 0 aromatic heterocycles. The minimum atomic E-state index is -1.26. The molecule has 3 nitrogen and oxygen atoms in total. The molecule has 6 rings (SSSR count). The molecule has 6 aromatic rings. The molecule has 2 N–H and O–H groups in total. The fourth-order valence-corrected chi connectivity index (χ4v) is 6.56. The zero-order valence-corrected chi connectivity index (χ0v) is 24.5. The summed E-state index contributed by atoms with van der Waals surface area (Å²) >= 11 is 0. The van der Waals surface area contributed by atoms with E-state index in [1.54, 1.807) is 0 Å². The summed E-state index contributed by atoms with van der Waals surface area (Å²) < 4.78 is 7.67. The minimum absolute atomic E-state index is 0.493. The van der Waals surface area contributed by atoms with Crippen LogP contribution in [0.5, 0.6) is 0 Å². The second kappa shape index (κ2) is 13.2. The predicted molar refractivity (Wildman–Crippen MR) is 176 cm³/mol. The normalized spacial score (nSPS) is 13.2. The van der Waals surface area contributed by atoms with Crippen LogP contribution in [-0.2, 0) is 15.8 Å². The Kier molecular flexibility index (Phi) is 8.81. The Labute approximate surface area is 259 Å². The van der Waals surface area contributed by atoms with E-state index in [1.165, 1.54) is 0 Å². The Balaban J connectivity index is 1.74. The zero-order chi connectivity index (χ0) is 30.2. The molecule has 6 aromatic carbocycles. The molecular formula is C41H36O3. The average molecular weight is 577 g/mol. The number of aliphatic hydroxyl groups is 2. The first-order valence-corrected chi connectivity index (χ1v) is 15.0. The molecule has 0 saturated heterocycles. The van der Waals surface area contributed by atoms with Crippen LogP contribution in [0.2, 0.25) is 0 Å². The van der Waals surface area contributed by atoms with Crippen molar-refractivity contribution in [2.75, 3.05) is 6.61 Å². The molecule has 0 aliphatic heterocycles. The third-order valence-corrected chi connectivity index (χ3v) is 8.50. The average Bonchev–Trinajstić information content (AvgIpc) is 3.12. The van der Waals surface area contributed by atoms with Gasteiger partial charge in [-0.3, -0.25) is 0 Å². The molecule has 0 spiro atoms. The van der Waals surface area contributed by atoms with Crippen molar-refractivity contribution >= 4 is 0 Å². The number of ether oxygens (including phenoxy) is 1. The van der Waals surface area contributed by atoms with Crippen molar-refractivity contribution in [3.63, 3.8) is 0 Å². The van der Waals surface area contributed by atoms with Crippen LogP contribution in [0.4, 0.5) is 0 Å². The van der Waals surface area contributed by atoms with Crippen LogP contribution in [0, 0.1) is 0 Å². The Morgan fingerprint density at radius 2 is 0.659 bits per heavy atom. The topological polar surface area (TPSA) is 49.7 Å². The summed E-state index contributed by atoms with van der Waals surface area (Å²) in [5, 5.41) is 22.9. The SMILES string of the molecule is OCC(O)C(OC(c1ccccc1)(c1ccccc1)c1ccccc1)C(c1ccccc1)(c1ccccc1)c1ccccc1. The highest BCUT2D eigenvalue weighted by molar-refractivity contribution is 5.54. The Morgan fingerprint density at radius 1 is 0.409 bits per heavy atom. The van der Waals surface area contributed by atoms with Crippen LogP contribution < -0.4 is 0 Å². The van der Waals surface area contributed by atoms with Gasteiger partial charge in [0.25, 0.3) is 0 Å². The van der Waals surface area contributed by atoms with Gasteiger partial charge in [-0.15, -0.1) is 0 Å². The maximum Gasteiger partial charge on any atom is 0.144 e. The van der Waals surface area contributed by atoms with Gasteiger partial charge in [-0.2, -0.15) is 0 Å². The summed E-state index contributed by atoms with van der Waals surface area (Å²) in [6, 6.07) is 61.0. The molecule has 0 radical (unpaired) electrons. The molecule has 2 atom stereocenters. The van der Waals surface area contributed by atoms with Crippen molar-refractivity contribution in [3.8, 4) is 0 Å². The Morgan fingerprint density at radius 3 is 0.909 bits per heavy atom. The number of hydrogen-bond acceptors (Lipinski definition) is 3. The molecule has 2 unspecified atom stereocenters. The molecule has 0 aliphatic rings. The van der Waals surface area contributed by atoms with Crippen molar-refractivity contribution in [3.05, 3.63) is 215 Å². The first kappa shape index (κ1) is 29.3. The molecule has 0 amide bonds. The van der Waals surface area contributed by atoms with Crippen LogP contribution in [-0.4, -0.2) is 29.0 Å². The van der Waals surface area contributed by atoms with Gasteiger partial charge < -0.3 is 14.9 Å². The summed E-state index contributed by atoms with van der Waals surface area (Å²) in [5.41, 5.74) is 3.40. The van der Waals surface area contributed by atoms with E-state index in [0.717, 1.165) is 33.4 Å². The van der Waals surface area contributed by atoms with Crippen LogP contribution >= 0.6 is 0 Å². The van der Waals surface area contributed by atoms with Crippen LogP contribution in [0.1, 0.15) is 33.4 Å². The lowest BCUT2D eigenvalue weighted by Gasteiger charge is -2.49. The number of aliphatic hydroxyl groups excluding tert-OH is 2. The van der Waals surface area contributed by atoms with Gasteiger partial charge in [0.15, 0.2) is 0 Å². The lowest BCUT2D eigenvalue weighted by atomic mass is 9.64. The monoisotopic (exact) mass is 576 g/mol. The van der Waals surface area contributed by atoms with Gasteiger partial charge in [0.1, 0.15) is 17.8 Å². The van der Waals surface area contributed by atoms with E-state index in [9.17, 15) is 10.2 Å². The van der Waals surface area contributed by atoms with Crippen LogP contribution in [0.25, 0.3) is 0 Å². The molecule has 0 heterocycles. The van der Waals surface area contributed by atoms with E-state index in [0.29, 0.717) is 0 Å². The molecular weight excluding hydrogens is 540 g/mol. The van der Waals surface area contributed by atoms with Crippen molar-refractivity contribution in [1.82, 2.24) is 0 Å². The fraction of sp³-hybridized carbons (Fsp3) is 0.122. The van der Waals surface area contributed by atoms with Crippen molar-refractivity contribution in [2.24, 2.45) is 0 Å². The van der Waals surface area contributed by atoms with E-state index in [-0.39, 0.29) is 0 Å². The van der Waals surface area contributed by atoms with Gasteiger partial charge in [0.2, 0.25) is 0 Å². The second-order valence-corrected chi connectivity index (χ2v) is 11.0. The third-order valence-electron chi connectivity index (χ3n) is 8.50. The number of rotatable bonds is 11. The predicted octanol–water partition coefficient (Wildman–Crippen LogP) is 7.75. The van der Waals surface area contributed by atoms with Crippen molar-refractivity contribution < 1.29 is 14.9 Å². The molecule has 0 fully saturated rings. The molecule has 44 heavy (non-hydrogen) atoms. The number of hydrogen-bond donors (Lipinski definition) is 2. The summed E-state index contributed by atoms with van der Waals surface area (Å²) in [7, 11) is 0. The van der Waals surface area contributed by atoms with Gasteiger partial charge in [-0.1, -0.05) is 182 Å². The molecule has 0 saturated carbocycles. The third kappa shape index (κ3) is 5.27. The van der Waals surface area contributed by atoms with Crippen LogP contribution in [0.15, 0.2) is 182 Å². The van der Waals surface area contributed by atoms with Gasteiger partial charge in [-0.25, -0.2) is 0 Å². The van der Waals surface area contributed by atoms with Gasteiger partial charge in [0, 0.05) is 0 Å². The molecule has 3 heteroatoms. The second-order valence-electron chi connectivity index (χ2n) is 11.0. The summed E-state index contributed by atoms with van der Waals surface area (Å²) in [4.78, 5) is 0. The highest BCUT2D eigenvalue weighted by Crippen LogP contribution is 2.50. The highest BCUT2D eigenvalue weighted by Gasteiger charge is 2.52. The Bertz CT molecular complexity index is 1510. The minimum Gasteiger partial charge on any atom is -0.394 e. The number of benzene rings is 6. The first-order valence-electron chi connectivity index (χ1n) is 15.0. The highest BCUT2D eigenvalue weighted by atomic mass is 16.5. The lowest BCUT2D eigenvalue weighted by molar-refractivity contribution is -0.133. The maximum absolute atomic E-state index is 12.1. The quantitative estimate of drug-likeness (QED) is 0.155. The summed E-state index contributed by atoms with van der Waals surface area (Å²) in [6.45, 7) is -0.493. The molecule has 0 aliphatic carbocycles. The van der Waals surface area contributed by atoms with Crippen LogP contribution in [0.3, 0.4) is 0 Å². The summed E-state index contributed by atoms with van der Waals surface area (Å²) in [6.07, 6.45) is -2.22. The standard InChI is InChI=1S/C41H36O3/c42-31-38(43)39(40(32-19-7-1-8-20-32,33-21-9-2-10-22-33)34-23-11-3-12-24-34)44-41(35-25-13-4-14-26-35,36-27-15-5-16-28-36)37-29-17-6-18-30-37/h1-30,38-39,42-43H,31H2. The van der Waals surface area contributed by atoms with E-state index in [4.69, 9.17) is 4.74 Å². The van der Waals surface area contributed by atoms with E-state index in [2.05, 4.69) is 72.8 Å². The largest absolute Gasteiger partial charge is 0.394 e. The zero-order valence-electron chi connectivity index (χ0n) is 24.5. The van der Waals surface area contributed by atoms with Crippen molar-refractivity contribution in [1.29, 1.82) is 0 Å². The smallest absolute Gasteiger partial charge is 0.144 e.